The molecule has 2 unspecified atom stereocenters. The Morgan fingerprint density at radius 1 is 1.37 bits per heavy atom. The van der Waals surface area contributed by atoms with E-state index in [4.69, 9.17) is 4.74 Å². The van der Waals surface area contributed by atoms with E-state index in [2.05, 4.69) is 0 Å². The third-order valence-electron chi connectivity index (χ3n) is 4.17. The van der Waals surface area contributed by atoms with Crippen molar-refractivity contribution in [3.63, 3.8) is 0 Å². The van der Waals surface area contributed by atoms with Crippen molar-refractivity contribution in [1.82, 2.24) is 0 Å². The summed E-state index contributed by atoms with van der Waals surface area (Å²) in [7, 11) is 1.58. The minimum Gasteiger partial charge on any atom is -0.496 e. The molecular weight excluding hydrogens is 263 g/mol. The highest BCUT2D eigenvalue weighted by Crippen LogP contribution is 2.48. The number of methoxy groups -OCH3 is 1. The largest absolute Gasteiger partial charge is 0.496 e. The molecule has 2 aliphatic rings. The molecular formula is C15H19FO2S. The molecule has 104 valence electrons. The van der Waals surface area contributed by atoms with E-state index in [1.807, 2.05) is 11.8 Å². The fourth-order valence-corrected chi connectivity index (χ4v) is 5.30. The van der Waals surface area contributed by atoms with Gasteiger partial charge in [-0.15, -0.1) is 0 Å². The van der Waals surface area contributed by atoms with Gasteiger partial charge in [-0.25, -0.2) is 4.39 Å². The van der Waals surface area contributed by atoms with Crippen molar-refractivity contribution >= 4 is 11.8 Å². The van der Waals surface area contributed by atoms with Crippen molar-refractivity contribution in [3.8, 4) is 5.75 Å². The van der Waals surface area contributed by atoms with Gasteiger partial charge >= 0.3 is 0 Å². The lowest BCUT2D eigenvalue weighted by molar-refractivity contribution is 0.0236. The van der Waals surface area contributed by atoms with Gasteiger partial charge in [0, 0.05) is 16.9 Å². The van der Waals surface area contributed by atoms with Crippen LogP contribution in [0.5, 0.6) is 5.75 Å². The van der Waals surface area contributed by atoms with Crippen LogP contribution in [0.15, 0.2) is 18.2 Å². The summed E-state index contributed by atoms with van der Waals surface area (Å²) in [6.45, 7) is 0. The van der Waals surface area contributed by atoms with Crippen molar-refractivity contribution in [2.75, 3.05) is 7.11 Å². The second kappa shape index (κ2) is 4.98. The van der Waals surface area contributed by atoms with Crippen molar-refractivity contribution in [2.24, 2.45) is 0 Å². The number of thioether (sulfide) groups is 1. The van der Waals surface area contributed by atoms with Gasteiger partial charge in [0.05, 0.1) is 12.7 Å². The van der Waals surface area contributed by atoms with Gasteiger partial charge in [-0.1, -0.05) is 0 Å². The Labute approximate surface area is 117 Å². The second-order valence-electron chi connectivity index (χ2n) is 5.72. The molecule has 1 aromatic rings. The minimum absolute atomic E-state index is 0.271. The molecule has 0 amide bonds. The fourth-order valence-electron chi connectivity index (χ4n) is 3.40. The van der Waals surface area contributed by atoms with Gasteiger partial charge < -0.3 is 9.84 Å². The van der Waals surface area contributed by atoms with Crippen molar-refractivity contribution in [1.29, 1.82) is 0 Å². The van der Waals surface area contributed by atoms with Gasteiger partial charge in [0.2, 0.25) is 0 Å². The third-order valence-corrected chi connectivity index (χ3v) is 5.75. The molecule has 19 heavy (non-hydrogen) atoms. The summed E-state index contributed by atoms with van der Waals surface area (Å²) in [5.41, 5.74) is 0.0781. The van der Waals surface area contributed by atoms with Gasteiger partial charge in [-0.3, -0.25) is 0 Å². The summed E-state index contributed by atoms with van der Waals surface area (Å²) < 4.78 is 18.7. The topological polar surface area (TPSA) is 29.5 Å². The van der Waals surface area contributed by atoms with Crippen LogP contribution < -0.4 is 4.74 Å². The third kappa shape index (κ3) is 2.75. The number of aliphatic hydroxyl groups is 1. The maximum absolute atomic E-state index is 13.4. The van der Waals surface area contributed by atoms with Gasteiger partial charge in [0.25, 0.3) is 0 Å². The van der Waals surface area contributed by atoms with Crippen LogP contribution in [0.25, 0.3) is 0 Å². The van der Waals surface area contributed by atoms with E-state index in [-0.39, 0.29) is 5.82 Å². The maximum atomic E-state index is 13.4. The lowest BCUT2D eigenvalue weighted by atomic mass is 9.86. The van der Waals surface area contributed by atoms with Gasteiger partial charge in [0.1, 0.15) is 11.6 Å². The quantitative estimate of drug-likeness (QED) is 0.923. The van der Waals surface area contributed by atoms with Crippen LogP contribution in [0.2, 0.25) is 0 Å². The van der Waals surface area contributed by atoms with Gasteiger partial charge in [-0.05, 0) is 49.4 Å². The molecule has 2 aliphatic heterocycles. The monoisotopic (exact) mass is 282 g/mol. The van der Waals surface area contributed by atoms with E-state index in [0.717, 1.165) is 18.4 Å². The zero-order valence-electron chi connectivity index (χ0n) is 11.1. The lowest BCUT2D eigenvalue weighted by Crippen LogP contribution is -2.39. The molecule has 0 saturated carbocycles. The molecule has 2 saturated heterocycles. The summed E-state index contributed by atoms with van der Waals surface area (Å²) >= 11 is 2.01. The van der Waals surface area contributed by atoms with Crippen LogP contribution in [0, 0.1) is 5.82 Å². The molecule has 3 rings (SSSR count). The van der Waals surface area contributed by atoms with E-state index in [9.17, 15) is 9.50 Å². The van der Waals surface area contributed by atoms with Crippen LogP contribution >= 0.6 is 11.8 Å². The van der Waals surface area contributed by atoms with E-state index in [0.29, 0.717) is 22.7 Å². The fraction of sp³-hybridized carbons (Fsp3) is 0.600. The summed E-state index contributed by atoms with van der Waals surface area (Å²) in [6.07, 6.45) is 4.53. The molecule has 2 heterocycles. The van der Waals surface area contributed by atoms with E-state index >= 15 is 0 Å². The Balaban J connectivity index is 1.82. The molecule has 2 nitrogen and oxygen atoms in total. The Kier molecular flexibility index (Phi) is 3.48. The van der Waals surface area contributed by atoms with E-state index in [1.54, 1.807) is 13.2 Å². The summed E-state index contributed by atoms with van der Waals surface area (Å²) in [5, 5.41) is 12.0. The highest BCUT2D eigenvalue weighted by atomic mass is 32.2. The first-order chi connectivity index (χ1) is 9.08. The summed E-state index contributed by atoms with van der Waals surface area (Å²) in [4.78, 5) is 0. The molecule has 0 spiro atoms. The molecule has 2 bridgehead atoms. The maximum Gasteiger partial charge on any atom is 0.123 e. The van der Waals surface area contributed by atoms with Crippen LogP contribution in [-0.2, 0) is 6.42 Å². The standard InChI is InChI=1S/C15H19FO2S/c1-18-14-5-2-11(16)6-10(14)7-15(17)8-12-3-4-13(9-15)19-12/h2,5-6,12-13,17H,3-4,7-9H2,1H3. The number of rotatable bonds is 3. The summed E-state index contributed by atoms with van der Waals surface area (Å²) in [6, 6.07) is 4.52. The molecule has 1 N–H and O–H groups in total. The first-order valence-corrected chi connectivity index (χ1v) is 7.72. The lowest BCUT2D eigenvalue weighted by Gasteiger charge is -2.36. The predicted molar refractivity (Wildman–Crippen MR) is 75.2 cm³/mol. The number of hydrogen-bond donors (Lipinski definition) is 1. The van der Waals surface area contributed by atoms with Crippen LogP contribution in [0.4, 0.5) is 4.39 Å². The van der Waals surface area contributed by atoms with Crippen LogP contribution in [0.3, 0.4) is 0 Å². The Bertz CT molecular complexity index is 465. The first-order valence-electron chi connectivity index (χ1n) is 6.78. The number of ether oxygens (including phenoxy) is 1. The van der Waals surface area contributed by atoms with Crippen molar-refractivity contribution in [2.45, 2.75) is 48.2 Å². The first kappa shape index (κ1) is 13.3. The zero-order valence-corrected chi connectivity index (χ0v) is 11.9. The SMILES string of the molecule is COc1ccc(F)cc1CC1(O)CC2CCC(C1)S2. The smallest absolute Gasteiger partial charge is 0.123 e. The number of hydrogen-bond acceptors (Lipinski definition) is 3. The Morgan fingerprint density at radius 2 is 2.05 bits per heavy atom. The average Bonchev–Trinajstić information content (AvgIpc) is 2.69. The van der Waals surface area contributed by atoms with E-state index < -0.39 is 5.60 Å². The van der Waals surface area contributed by atoms with Crippen molar-refractivity contribution in [3.05, 3.63) is 29.6 Å². The average molecular weight is 282 g/mol. The highest BCUT2D eigenvalue weighted by Gasteiger charge is 2.43. The van der Waals surface area contributed by atoms with Crippen LogP contribution in [-0.4, -0.2) is 28.3 Å². The predicted octanol–water partition coefficient (Wildman–Crippen LogP) is 3.17. The molecule has 0 radical (unpaired) electrons. The Hall–Kier alpha value is -0.740. The molecule has 1 aromatic carbocycles. The van der Waals surface area contributed by atoms with Gasteiger partial charge in [0.15, 0.2) is 0 Å². The highest BCUT2D eigenvalue weighted by molar-refractivity contribution is 8.00. The van der Waals surface area contributed by atoms with Crippen LogP contribution in [0.1, 0.15) is 31.2 Å². The number of benzene rings is 1. The van der Waals surface area contributed by atoms with Crippen molar-refractivity contribution < 1.29 is 14.2 Å². The molecule has 2 fully saturated rings. The number of halogens is 1. The molecule has 2 atom stereocenters. The summed E-state index contributed by atoms with van der Waals surface area (Å²) in [5.74, 6) is 0.396. The number of fused-ring (bicyclic) bond motifs is 2. The van der Waals surface area contributed by atoms with Gasteiger partial charge in [-0.2, -0.15) is 11.8 Å². The molecule has 0 aliphatic carbocycles. The molecule has 4 heteroatoms. The second-order valence-corrected chi connectivity index (χ2v) is 7.33. The normalized spacial score (nSPS) is 33.4. The minimum atomic E-state index is -0.696. The Morgan fingerprint density at radius 3 is 2.68 bits per heavy atom. The zero-order chi connectivity index (χ0) is 13.5. The van der Waals surface area contributed by atoms with E-state index in [1.165, 1.54) is 25.0 Å². The molecule has 0 aromatic heterocycles.